The molecule has 1 aliphatic carbocycles. The summed E-state index contributed by atoms with van der Waals surface area (Å²) >= 11 is 3.44. The van der Waals surface area contributed by atoms with E-state index in [-0.39, 0.29) is 12.1 Å². The average Bonchev–Trinajstić information content (AvgIpc) is 2.38. The number of likely N-dealkylation sites (N-methyl/N-ethyl adjacent to an activating group) is 1. The molecule has 1 fully saturated rings. The third-order valence-corrected chi connectivity index (χ3v) is 4.50. The molecule has 3 atom stereocenters. The van der Waals surface area contributed by atoms with Gasteiger partial charge in [0.15, 0.2) is 0 Å². The van der Waals surface area contributed by atoms with Crippen LogP contribution in [0.25, 0.3) is 0 Å². The van der Waals surface area contributed by atoms with Crippen LogP contribution >= 0.6 is 15.9 Å². The van der Waals surface area contributed by atoms with Crippen molar-refractivity contribution in [2.24, 2.45) is 0 Å². The van der Waals surface area contributed by atoms with Crippen LogP contribution in [0.1, 0.15) is 44.3 Å². The van der Waals surface area contributed by atoms with E-state index in [9.17, 15) is 10.2 Å². The predicted octanol–water partition coefficient (Wildman–Crippen LogP) is 3.24. The molecule has 0 aromatic heterocycles. The van der Waals surface area contributed by atoms with E-state index in [0.717, 1.165) is 41.4 Å². The number of aliphatic hydroxyl groups excluding tert-OH is 2. The Hall–Kier alpha value is -0.580. The third kappa shape index (κ3) is 3.30. The molecule has 2 N–H and O–H groups in total. The van der Waals surface area contributed by atoms with Crippen molar-refractivity contribution in [3.8, 4) is 0 Å². The Balaban J connectivity index is 2.29. The van der Waals surface area contributed by atoms with E-state index < -0.39 is 6.10 Å². The highest BCUT2D eigenvalue weighted by Crippen LogP contribution is 2.33. The monoisotopic (exact) mass is 327 g/mol. The molecule has 0 amide bonds. The lowest BCUT2D eigenvalue weighted by Crippen LogP contribution is -2.43. The summed E-state index contributed by atoms with van der Waals surface area (Å²) in [6.07, 6.45) is 3.35. The Kier molecular flexibility index (Phi) is 4.87. The van der Waals surface area contributed by atoms with Crippen LogP contribution in [-0.2, 0) is 0 Å². The lowest BCUT2D eigenvalue weighted by atomic mass is 9.91. The fraction of sp³-hybridized carbons (Fsp3) is 0.600. The summed E-state index contributed by atoms with van der Waals surface area (Å²) in [6, 6.07) is 6.08. The zero-order chi connectivity index (χ0) is 14.0. The van der Waals surface area contributed by atoms with Crippen molar-refractivity contribution >= 4 is 21.6 Å². The van der Waals surface area contributed by atoms with Gasteiger partial charge in [0.1, 0.15) is 0 Å². The first-order valence-corrected chi connectivity index (χ1v) is 7.68. The Morgan fingerprint density at radius 2 is 2.00 bits per heavy atom. The molecule has 3 unspecified atom stereocenters. The largest absolute Gasteiger partial charge is 0.391 e. The molecular formula is C15H22BrNO2. The van der Waals surface area contributed by atoms with Crippen molar-refractivity contribution in [2.45, 2.75) is 50.9 Å². The maximum Gasteiger partial charge on any atom is 0.0782 e. The molecule has 0 bridgehead atoms. The summed E-state index contributed by atoms with van der Waals surface area (Å²) < 4.78 is 0.963. The van der Waals surface area contributed by atoms with Gasteiger partial charge in [-0.25, -0.2) is 0 Å². The molecule has 2 rings (SSSR count). The number of hydrogen-bond acceptors (Lipinski definition) is 3. The zero-order valence-electron chi connectivity index (χ0n) is 11.5. The smallest absolute Gasteiger partial charge is 0.0782 e. The molecule has 1 aromatic carbocycles. The number of benzene rings is 1. The quantitative estimate of drug-likeness (QED) is 0.895. The van der Waals surface area contributed by atoms with Crippen LogP contribution in [-0.4, -0.2) is 29.4 Å². The molecule has 0 radical (unpaired) electrons. The van der Waals surface area contributed by atoms with Gasteiger partial charge in [-0.15, -0.1) is 0 Å². The highest BCUT2D eigenvalue weighted by molar-refractivity contribution is 9.10. The Morgan fingerprint density at radius 1 is 1.32 bits per heavy atom. The molecule has 0 spiro atoms. The zero-order valence-corrected chi connectivity index (χ0v) is 13.1. The van der Waals surface area contributed by atoms with E-state index in [0.29, 0.717) is 0 Å². The van der Waals surface area contributed by atoms with Gasteiger partial charge >= 0.3 is 0 Å². The van der Waals surface area contributed by atoms with E-state index in [4.69, 9.17) is 0 Å². The van der Waals surface area contributed by atoms with Gasteiger partial charge < -0.3 is 15.1 Å². The Labute approximate surface area is 123 Å². The molecule has 0 aliphatic heterocycles. The van der Waals surface area contributed by atoms with E-state index >= 15 is 0 Å². The maximum absolute atomic E-state index is 10.2. The normalized spacial score (nSPS) is 25.1. The van der Waals surface area contributed by atoms with Gasteiger partial charge in [0.25, 0.3) is 0 Å². The minimum absolute atomic E-state index is 0.146. The molecule has 3 nitrogen and oxygen atoms in total. The van der Waals surface area contributed by atoms with Gasteiger partial charge in [-0.2, -0.15) is 0 Å². The molecule has 0 heterocycles. The van der Waals surface area contributed by atoms with Crippen molar-refractivity contribution in [1.82, 2.24) is 0 Å². The minimum atomic E-state index is -0.518. The molecule has 4 heteroatoms. The first-order valence-electron chi connectivity index (χ1n) is 6.89. The standard InChI is InChI=1S/C15H22BrNO2/c1-10(18)12-9-11(16)7-8-13(12)17(2)14-5-3-4-6-15(14)19/h7-10,14-15,18-19H,3-6H2,1-2H3. The first-order chi connectivity index (χ1) is 9.00. The second-order valence-corrected chi connectivity index (χ2v) is 6.32. The highest BCUT2D eigenvalue weighted by atomic mass is 79.9. The number of hydrogen-bond donors (Lipinski definition) is 2. The third-order valence-electron chi connectivity index (χ3n) is 4.01. The van der Waals surface area contributed by atoms with Crippen molar-refractivity contribution < 1.29 is 10.2 Å². The molecule has 0 saturated heterocycles. The molecule has 1 aliphatic rings. The van der Waals surface area contributed by atoms with Gasteiger partial charge in [-0.1, -0.05) is 28.8 Å². The van der Waals surface area contributed by atoms with Crippen LogP contribution in [0.3, 0.4) is 0 Å². The van der Waals surface area contributed by atoms with Crippen LogP contribution < -0.4 is 4.90 Å². The molecular weight excluding hydrogens is 306 g/mol. The number of nitrogens with zero attached hydrogens (tertiary/aromatic N) is 1. The number of halogens is 1. The first kappa shape index (κ1) is 14.8. The van der Waals surface area contributed by atoms with Crippen LogP contribution in [0.5, 0.6) is 0 Å². The molecule has 1 saturated carbocycles. The second kappa shape index (κ2) is 6.25. The molecule has 1 aromatic rings. The van der Waals surface area contributed by atoms with Gasteiger partial charge in [0.2, 0.25) is 0 Å². The summed E-state index contributed by atoms with van der Waals surface area (Å²) in [5.74, 6) is 0. The van der Waals surface area contributed by atoms with Crippen LogP contribution in [0.4, 0.5) is 5.69 Å². The van der Waals surface area contributed by atoms with Crippen LogP contribution in [0, 0.1) is 0 Å². The second-order valence-electron chi connectivity index (χ2n) is 5.41. The SMILES string of the molecule is CC(O)c1cc(Br)ccc1N(C)C1CCCCC1O. The fourth-order valence-electron chi connectivity index (χ4n) is 2.90. The number of aliphatic hydroxyl groups is 2. The summed E-state index contributed by atoms with van der Waals surface area (Å²) in [4.78, 5) is 2.12. The lowest BCUT2D eigenvalue weighted by molar-refractivity contribution is 0.106. The van der Waals surface area contributed by atoms with Crippen LogP contribution in [0.2, 0.25) is 0 Å². The lowest BCUT2D eigenvalue weighted by Gasteiger charge is -2.38. The Morgan fingerprint density at radius 3 is 2.63 bits per heavy atom. The van der Waals surface area contributed by atoms with Gasteiger partial charge in [-0.3, -0.25) is 0 Å². The van der Waals surface area contributed by atoms with Crippen molar-refractivity contribution in [3.05, 3.63) is 28.2 Å². The summed E-state index contributed by atoms with van der Waals surface area (Å²) in [5.41, 5.74) is 1.90. The minimum Gasteiger partial charge on any atom is -0.391 e. The van der Waals surface area contributed by atoms with Gasteiger partial charge in [-0.05, 0) is 38.0 Å². The maximum atomic E-state index is 10.2. The Bertz CT molecular complexity index is 436. The van der Waals surface area contributed by atoms with Crippen molar-refractivity contribution in [3.63, 3.8) is 0 Å². The average molecular weight is 328 g/mol. The van der Waals surface area contributed by atoms with E-state index in [1.54, 1.807) is 6.92 Å². The fourth-order valence-corrected chi connectivity index (χ4v) is 3.28. The number of anilines is 1. The number of rotatable bonds is 3. The summed E-state index contributed by atoms with van der Waals surface area (Å²) in [6.45, 7) is 1.77. The van der Waals surface area contributed by atoms with E-state index in [2.05, 4.69) is 20.8 Å². The van der Waals surface area contributed by atoms with Gasteiger partial charge in [0, 0.05) is 22.8 Å². The van der Waals surface area contributed by atoms with E-state index in [1.807, 2.05) is 25.2 Å². The van der Waals surface area contributed by atoms with Crippen LogP contribution in [0.15, 0.2) is 22.7 Å². The van der Waals surface area contributed by atoms with Gasteiger partial charge in [0.05, 0.1) is 18.2 Å². The summed E-state index contributed by atoms with van der Waals surface area (Å²) in [5, 5.41) is 20.1. The van der Waals surface area contributed by atoms with Crippen molar-refractivity contribution in [2.75, 3.05) is 11.9 Å². The molecule has 106 valence electrons. The predicted molar refractivity (Wildman–Crippen MR) is 81.4 cm³/mol. The molecule has 19 heavy (non-hydrogen) atoms. The van der Waals surface area contributed by atoms with E-state index in [1.165, 1.54) is 0 Å². The topological polar surface area (TPSA) is 43.7 Å². The highest BCUT2D eigenvalue weighted by Gasteiger charge is 2.28. The van der Waals surface area contributed by atoms with Crippen molar-refractivity contribution in [1.29, 1.82) is 0 Å². The summed E-state index contributed by atoms with van der Waals surface area (Å²) in [7, 11) is 2.01.